The summed E-state index contributed by atoms with van der Waals surface area (Å²) in [5.74, 6) is 0.351. The number of para-hydroxylation sites is 2. The second kappa shape index (κ2) is 3.63. The zero-order chi connectivity index (χ0) is 9.97. The van der Waals surface area contributed by atoms with E-state index in [9.17, 15) is 10.1 Å². The summed E-state index contributed by atoms with van der Waals surface area (Å²) in [6, 6.07) is 6.43. The van der Waals surface area contributed by atoms with E-state index in [1.165, 1.54) is 6.07 Å². The van der Waals surface area contributed by atoms with Crippen LogP contribution >= 0.6 is 0 Å². The number of hydrogen-bond donors (Lipinski definition) is 1. The van der Waals surface area contributed by atoms with Crippen LogP contribution in [0.25, 0.3) is 0 Å². The predicted molar refractivity (Wildman–Crippen MR) is 50.4 cm³/mol. The lowest BCUT2D eigenvalue weighted by Gasteiger charge is -2.27. The summed E-state index contributed by atoms with van der Waals surface area (Å²) in [5.41, 5.74) is 0.0272. The smallest absolute Gasteiger partial charge is 0.310 e. The minimum Gasteiger partial charge on any atom is -0.481 e. The van der Waals surface area contributed by atoms with Crippen molar-refractivity contribution in [3.8, 4) is 5.75 Å². The number of benzene rings is 1. The highest BCUT2D eigenvalue weighted by atomic mass is 16.6. The first kappa shape index (κ1) is 8.96. The number of nitrogens with one attached hydrogen (secondary N) is 1. The third-order valence-corrected chi connectivity index (χ3v) is 2.10. The highest BCUT2D eigenvalue weighted by Gasteiger charge is 2.22. The van der Waals surface area contributed by atoms with Crippen LogP contribution in [0.4, 0.5) is 5.69 Å². The molecule has 0 bridgehead atoms. The van der Waals surface area contributed by atoms with E-state index in [0.29, 0.717) is 5.75 Å². The molecule has 0 unspecified atom stereocenters. The molecule has 0 spiro atoms. The molecule has 1 heterocycles. The van der Waals surface area contributed by atoms with Crippen molar-refractivity contribution in [2.24, 2.45) is 0 Å². The molecule has 1 aliphatic rings. The second-order valence-corrected chi connectivity index (χ2v) is 3.12. The molecule has 1 aromatic carbocycles. The Morgan fingerprint density at radius 2 is 2.14 bits per heavy atom. The lowest BCUT2D eigenvalue weighted by molar-refractivity contribution is -0.386. The Hall–Kier alpha value is -1.62. The van der Waals surface area contributed by atoms with Gasteiger partial charge in [0.25, 0.3) is 0 Å². The summed E-state index contributed by atoms with van der Waals surface area (Å²) in [7, 11) is 0. The third kappa shape index (κ3) is 1.67. The van der Waals surface area contributed by atoms with Crippen LogP contribution in [0.2, 0.25) is 0 Å². The van der Waals surface area contributed by atoms with Gasteiger partial charge in [-0.05, 0) is 6.07 Å². The number of ether oxygens (including phenoxy) is 1. The zero-order valence-electron chi connectivity index (χ0n) is 7.47. The molecule has 0 amide bonds. The predicted octanol–water partition coefficient (Wildman–Crippen LogP) is 0.945. The van der Waals surface area contributed by atoms with E-state index in [-0.39, 0.29) is 11.8 Å². The molecule has 0 aliphatic carbocycles. The zero-order valence-corrected chi connectivity index (χ0v) is 7.47. The summed E-state index contributed by atoms with van der Waals surface area (Å²) < 4.78 is 5.44. The molecule has 14 heavy (non-hydrogen) atoms. The number of rotatable bonds is 3. The van der Waals surface area contributed by atoms with Gasteiger partial charge in [-0.25, -0.2) is 0 Å². The largest absolute Gasteiger partial charge is 0.481 e. The first-order chi connectivity index (χ1) is 6.77. The van der Waals surface area contributed by atoms with Crippen LogP contribution in [-0.2, 0) is 0 Å². The number of nitro benzene ring substituents is 1. The maximum Gasteiger partial charge on any atom is 0.310 e. The van der Waals surface area contributed by atoms with Gasteiger partial charge in [0.1, 0.15) is 6.10 Å². The van der Waals surface area contributed by atoms with Crippen LogP contribution in [0.3, 0.4) is 0 Å². The van der Waals surface area contributed by atoms with E-state index >= 15 is 0 Å². The molecular weight excluding hydrogens is 184 g/mol. The SMILES string of the molecule is O=[N+]([O-])c1ccccc1OC1CNC1. The van der Waals surface area contributed by atoms with Crippen molar-refractivity contribution < 1.29 is 9.66 Å². The van der Waals surface area contributed by atoms with E-state index in [1.54, 1.807) is 18.2 Å². The van der Waals surface area contributed by atoms with Crippen LogP contribution in [0.15, 0.2) is 24.3 Å². The Kier molecular flexibility index (Phi) is 2.32. The van der Waals surface area contributed by atoms with Crippen LogP contribution in [0.5, 0.6) is 5.75 Å². The Morgan fingerprint density at radius 1 is 1.43 bits per heavy atom. The van der Waals surface area contributed by atoms with Gasteiger partial charge in [-0.15, -0.1) is 0 Å². The van der Waals surface area contributed by atoms with Crippen LogP contribution < -0.4 is 10.1 Å². The van der Waals surface area contributed by atoms with Crippen LogP contribution in [0.1, 0.15) is 0 Å². The first-order valence-electron chi connectivity index (χ1n) is 4.38. The quantitative estimate of drug-likeness (QED) is 0.574. The lowest BCUT2D eigenvalue weighted by Crippen LogP contribution is -2.50. The standard InChI is InChI=1S/C9H10N2O3/c12-11(13)8-3-1-2-4-9(8)14-7-5-10-6-7/h1-4,7,10H,5-6H2. The molecular formula is C9H10N2O3. The molecule has 0 radical (unpaired) electrons. The molecule has 1 saturated heterocycles. The first-order valence-corrected chi connectivity index (χ1v) is 4.38. The van der Waals surface area contributed by atoms with E-state index in [1.807, 2.05) is 0 Å². The fourth-order valence-electron chi connectivity index (χ4n) is 1.23. The average Bonchev–Trinajstić information content (AvgIpc) is 2.12. The fourth-order valence-corrected chi connectivity index (χ4v) is 1.23. The van der Waals surface area contributed by atoms with Gasteiger partial charge in [0.15, 0.2) is 5.75 Å². The maximum absolute atomic E-state index is 10.6. The van der Waals surface area contributed by atoms with Crippen LogP contribution in [0, 0.1) is 10.1 Å². The lowest BCUT2D eigenvalue weighted by atomic mass is 10.2. The summed E-state index contributed by atoms with van der Waals surface area (Å²) in [5, 5.41) is 13.7. The topological polar surface area (TPSA) is 64.4 Å². The number of nitro groups is 1. The van der Waals surface area contributed by atoms with Crippen LogP contribution in [-0.4, -0.2) is 24.1 Å². The molecule has 1 aromatic rings. The van der Waals surface area contributed by atoms with Crippen molar-refractivity contribution in [2.75, 3.05) is 13.1 Å². The van der Waals surface area contributed by atoms with Crippen molar-refractivity contribution in [3.63, 3.8) is 0 Å². The van der Waals surface area contributed by atoms with Gasteiger partial charge in [-0.2, -0.15) is 0 Å². The minimum atomic E-state index is -0.429. The van der Waals surface area contributed by atoms with Gasteiger partial charge in [0, 0.05) is 19.2 Å². The molecule has 5 nitrogen and oxygen atoms in total. The molecule has 0 aromatic heterocycles. The normalized spacial score (nSPS) is 16.0. The van der Waals surface area contributed by atoms with Gasteiger partial charge in [0.05, 0.1) is 4.92 Å². The van der Waals surface area contributed by atoms with Crippen molar-refractivity contribution in [1.29, 1.82) is 0 Å². The van der Waals surface area contributed by atoms with Gasteiger partial charge >= 0.3 is 5.69 Å². The molecule has 1 N–H and O–H groups in total. The molecule has 0 saturated carbocycles. The Balaban J connectivity index is 2.17. The molecule has 5 heteroatoms. The van der Waals surface area contributed by atoms with Gasteiger partial charge in [-0.1, -0.05) is 12.1 Å². The van der Waals surface area contributed by atoms with E-state index in [0.717, 1.165) is 13.1 Å². The molecule has 0 atom stereocenters. The monoisotopic (exact) mass is 194 g/mol. The highest BCUT2D eigenvalue weighted by molar-refractivity contribution is 5.45. The summed E-state index contributed by atoms with van der Waals surface area (Å²) in [4.78, 5) is 10.2. The summed E-state index contributed by atoms with van der Waals surface area (Å²) >= 11 is 0. The van der Waals surface area contributed by atoms with Crippen molar-refractivity contribution >= 4 is 5.69 Å². The summed E-state index contributed by atoms with van der Waals surface area (Å²) in [6.07, 6.45) is 0.0658. The molecule has 1 fully saturated rings. The van der Waals surface area contributed by atoms with Gasteiger partial charge < -0.3 is 10.1 Å². The van der Waals surface area contributed by atoms with Crippen molar-refractivity contribution in [1.82, 2.24) is 5.32 Å². The van der Waals surface area contributed by atoms with Crippen molar-refractivity contribution in [3.05, 3.63) is 34.4 Å². The minimum absolute atomic E-state index is 0.0272. The highest BCUT2D eigenvalue weighted by Crippen LogP contribution is 2.27. The Bertz CT molecular complexity index is 350. The van der Waals surface area contributed by atoms with E-state index < -0.39 is 4.92 Å². The Labute approximate surface area is 80.8 Å². The molecule has 2 rings (SSSR count). The second-order valence-electron chi connectivity index (χ2n) is 3.12. The fraction of sp³-hybridized carbons (Fsp3) is 0.333. The Morgan fingerprint density at radius 3 is 2.71 bits per heavy atom. The molecule has 74 valence electrons. The maximum atomic E-state index is 10.6. The van der Waals surface area contributed by atoms with Crippen molar-refractivity contribution in [2.45, 2.75) is 6.10 Å². The van der Waals surface area contributed by atoms with Gasteiger partial charge in [-0.3, -0.25) is 10.1 Å². The average molecular weight is 194 g/mol. The van der Waals surface area contributed by atoms with Gasteiger partial charge in [0.2, 0.25) is 0 Å². The number of hydrogen-bond acceptors (Lipinski definition) is 4. The molecule has 1 aliphatic heterocycles. The van der Waals surface area contributed by atoms with E-state index in [4.69, 9.17) is 4.74 Å². The summed E-state index contributed by atoms with van der Waals surface area (Å²) in [6.45, 7) is 1.51. The third-order valence-electron chi connectivity index (χ3n) is 2.10. The van der Waals surface area contributed by atoms with E-state index in [2.05, 4.69) is 5.32 Å². The number of nitrogens with zero attached hydrogens (tertiary/aromatic N) is 1.